The molecule has 3 rings (SSSR count). The summed E-state index contributed by atoms with van der Waals surface area (Å²) in [6, 6.07) is 12.8. The lowest BCUT2D eigenvalue weighted by molar-refractivity contribution is 0.0430. The maximum Gasteiger partial charge on any atom is 0.0546 e. The Morgan fingerprint density at radius 2 is 1.95 bits per heavy atom. The summed E-state index contributed by atoms with van der Waals surface area (Å²) in [5.74, 6) is 0.670. The van der Waals surface area contributed by atoms with Crippen molar-refractivity contribution in [2.45, 2.75) is 25.5 Å². The molecule has 0 radical (unpaired) electrons. The van der Waals surface area contributed by atoms with Crippen LogP contribution in [-0.2, 0) is 6.54 Å². The highest BCUT2D eigenvalue weighted by Gasteiger charge is 2.26. The zero-order valence-electron chi connectivity index (χ0n) is 10.9. The van der Waals surface area contributed by atoms with Crippen LogP contribution >= 0.6 is 11.3 Å². The Morgan fingerprint density at radius 1 is 1.16 bits per heavy atom. The molecule has 0 saturated heterocycles. The van der Waals surface area contributed by atoms with Gasteiger partial charge in [0.25, 0.3) is 0 Å². The van der Waals surface area contributed by atoms with Gasteiger partial charge in [0.15, 0.2) is 0 Å². The van der Waals surface area contributed by atoms with Crippen LogP contribution < -0.4 is 5.32 Å². The lowest BCUT2D eigenvalue weighted by atomic mass is 9.82. The van der Waals surface area contributed by atoms with E-state index in [-0.39, 0.29) is 6.10 Å². The van der Waals surface area contributed by atoms with Crippen LogP contribution in [0.1, 0.15) is 17.7 Å². The van der Waals surface area contributed by atoms with E-state index in [4.69, 9.17) is 0 Å². The summed E-state index contributed by atoms with van der Waals surface area (Å²) in [5.41, 5.74) is 2.59. The normalized spacial score (nSPS) is 22.2. The van der Waals surface area contributed by atoms with Crippen LogP contribution in [0.3, 0.4) is 0 Å². The Hall–Kier alpha value is -1.16. The molecule has 1 aromatic carbocycles. The van der Waals surface area contributed by atoms with Crippen molar-refractivity contribution in [3.05, 3.63) is 46.7 Å². The first-order valence-electron chi connectivity index (χ1n) is 6.83. The van der Waals surface area contributed by atoms with E-state index < -0.39 is 0 Å². The third kappa shape index (κ3) is 3.24. The minimum Gasteiger partial charge on any atom is -0.393 e. The summed E-state index contributed by atoms with van der Waals surface area (Å²) in [5, 5.41) is 14.9. The standard InChI is InChI=1S/C16H19NOS/c18-15-6-12(7-15)9-17-10-16-8-14(11-19-16)13-4-2-1-3-5-13/h1-5,8,11-12,15,17-18H,6-7,9-10H2. The van der Waals surface area contributed by atoms with Crippen molar-refractivity contribution in [1.82, 2.24) is 5.32 Å². The van der Waals surface area contributed by atoms with Gasteiger partial charge in [-0.2, -0.15) is 0 Å². The number of hydrogen-bond acceptors (Lipinski definition) is 3. The molecule has 3 heteroatoms. The molecule has 1 aliphatic rings. The number of hydrogen-bond donors (Lipinski definition) is 2. The smallest absolute Gasteiger partial charge is 0.0546 e. The van der Waals surface area contributed by atoms with E-state index in [9.17, 15) is 5.11 Å². The molecule has 0 bridgehead atoms. The lowest BCUT2D eigenvalue weighted by Crippen LogP contribution is -2.35. The summed E-state index contributed by atoms with van der Waals surface area (Å²) < 4.78 is 0. The van der Waals surface area contributed by atoms with Crippen LogP contribution in [0.2, 0.25) is 0 Å². The van der Waals surface area contributed by atoms with Crippen molar-refractivity contribution >= 4 is 11.3 Å². The van der Waals surface area contributed by atoms with Crippen molar-refractivity contribution in [1.29, 1.82) is 0 Å². The van der Waals surface area contributed by atoms with E-state index in [0.717, 1.165) is 25.9 Å². The SMILES string of the molecule is OC1CC(CNCc2cc(-c3ccccc3)cs2)C1. The molecule has 2 nitrogen and oxygen atoms in total. The van der Waals surface area contributed by atoms with Gasteiger partial charge in [-0.15, -0.1) is 11.3 Å². The van der Waals surface area contributed by atoms with Gasteiger partial charge >= 0.3 is 0 Å². The van der Waals surface area contributed by atoms with E-state index >= 15 is 0 Å². The van der Waals surface area contributed by atoms with Gasteiger partial charge in [0.1, 0.15) is 0 Å². The monoisotopic (exact) mass is 273 g/mol. The van der Waals surface area contributed by atoms with E-state index in [1.807, 2.05) is 17.4 Å². The molecule has 1 aromatic heterocycles. The summed E-state index contributed by atoms with van der Waals surface area (Å²) in [4.78, 5) is 1.37. The molecular formula is C16H19NOS. The maximum absolute atomic E-state index is 9.24. The second-order valence-electron chi connectivity index (χ2n) is 5.29. The summed E-state index contributed by atoms with van der Waals surface area (Å²) in [6.07, 6.45) is 1.89. The number of aliphatic hydroxyl groups excluding tert-OH is 1. The molecule has 0 spiro atoms. The van der Waals surface area contributed by atoms with Crippen molar-refractivity contribution in [3.63, 3.8) is 0 Å². The fourth-order valence-electron chi connectivity index (χ4n) is 2.52. The number of benzene rings is 1. The number of thiophene rings is 1. The van der Waals surface area contributed by atoms with Gasteiger partial charge in [-0.05, 0) is 47.9 Å². The Bertz CT molecular complexity index is 517. The number of nitrogens with one attached hydrogen (secondary N) is 1. The molecule has 1 fully saturated rings. The van der Waals surface area contributed by atoms with Crippen molar-refractivity contribution < 1.29 is 5.11 Å². The first-order chi connectivity index (χ1) is 9.31. The second kappa shape index (κ2) is 5.87. The third-order valence-corrected chi connectivity index (χ3v) is 4.64. The molecule has 1 heterocycles. The van der Waals surface area contributed by atoms with Crippen LogP contribution in [0.25, 0.3) is 11.1 Å². The van der Waals surface area contributed by atoms with Crippen molar-refractivity contribution in [3.8, 4) is 11.1 Å². The Morgan fingerprint density at radius 3 is 2.68 bits per heavy atom. The summed E-state index contributed by atoms with van der Waals surface area (Å²) in [6.45, 7) is 1.96. The molecule has 0 aliphatic heterocycles. The topological polar surface area (TPSA) is 32.3 Å². The van der Waals surface area contributed by atoms with Gasteiger partial charge in [0.05, 0.1) is 6.10 Å². The molecule has 0 atom stereocenters. The second-order valence-corrected chi connectivity index (χ2v) is 6.29. The van der Waals surface area contributed by atoms with Gasteiger partial charge in [-0.1, -0.05) is 30.3 Å². The molecule has 2 N–H and O–H groups in total. The fraction of sp³-hybridized carbons (Fsp3) is 0.375. The Kier molecular flexibility index (Phi) is 3.97. The molecule has 0 unspecified atom stereocenters. The Labute approximate surface area is 118 Å². The van der Waals surface area contributed by atoms with Gasteiger partial charge in [-0.3, -0.25) is 0 Å². The predicted molar refractivity (Wildman–Crippen MR) is 80.2 cm³/mol. The molecular weight excluding hydrogens is 254 g/mol. The van der Waals surface area contributed by atoms with Crippen LogP contribution in [0, 0.1) is 5.92 Å². The Balaban J connectivity index is 1.51. The highest BCUT2D eigenvalue weighted by molar-refractivity contribution is 7.10. The fourth-order valence-corrected chi connectivity index (χ4v) is 3.38. The lowest BCUT2D eigenvalue weighted by Gasteiger charge is -2.31. The van der Waals surface area contributed by atoms with E-state index in [1.165, 1.54) is 16.0 Å². The summed E-state index contributed by atoms with van der Waals surface area (Å²) in [7, 11) is 0. The van der Waals surface area contributed by atoms with Gasteiger partial charge in [-0.25, -0.2) is 0 Å². The zero-order chi connectivity index (χ0) is 13.1. The number of aliphatic hydroxyl groups is 1. The zero-order valence-corrected chi connectivity index (χ0v) is 11.7. The average molecular weight is 273 g/mol. The highest BCUT2D eigenvalue weighted by Crippen LogP contribution is 2.27. The predicted octanol–water partition coefficient (Wildman–Crippen LogP) is 3.28. The summed E-state index contributed by atoms with van der Waals surface area (Å²) >= 11 is 1.81. The van der Waals surface area contributed by atoms with Crippen molar-refractivity contribution in [2.24, 2.45) is 5.92 Å². The molecule has 1 saturated carbocycles. The first-order valence-corrected chi connectivity index (χ1v) is 7.71. The van der Waals surface area contributed by atoms with E-state index in [1.54, 1.807) is 0 Å². The van der Waals surface area contributed by atoms with Gasteiger partial charge < -0.3 is 10.4 Å². The molecule has 19 heavy (non-hydrogen) atoms. The largest absolute Gasteiger partial charge is 0.393 e. The quantitative estimate of drug-likeness (QED) is 0.876. The molecule has 1 aliphatic carbocycles. The van der Waals surface area contributed by atoms with Gasteiger partial charge in [0, 0.05) is 11.4 Å². The first kappa shape index (κ1) is 12.9. The number of rotatable bonds is 5. The third-order valence-electron chi connectivity index (χ3n) is 3.70. The molecule has 2 aromatic rings. The van der Waals surface area contributed by atoms with Crippen LogP contribution in [0.5, 0.6) is 0 Å². The van der Waals surface area contributed by atoms with Crippen LogP contribution in [0.15, 0.2) is 41.8 Å². The maximum atomic E-state index is 9.24. The van der Waals surface area contributed by atoms with Crippen LogP contribution in [0.4, 0.5) is 0 Å². The highest BCUT2D eigenvalue weighted by atomic mass is 32.1. The average Bonchev–Trinajstić information content (AvgIpc) is 2.86. The van der Waals surface area contributed by atoms with Crippen LogP contribution in [-0.4, -0.2) is 17.8 Å². The van der Waals surface area contributed by atoms with Crippen molar-refractivity contribution in [2.75, 3.05) is 6.54 Å². The minimum absolute atomic E-state index is 0.0433. The minimum atomic E-state index is -0.0433. The molecule has 0 amide bonds. The van der Waals surface area contributed by atoms with E-state index in [2.05, 4.69) is 41.0 Å². The molecule has 100 valence electrons. The van der Waals surface area contributed by atoms with E-state index in [0.29, 0.717) is 5.92 Å². The van der Waals surface area contributed by atoms with Gasteiger partial charge in [0.2, 0.25) is 0 Å².